The highest BCUT2D eigenvalue weighted by atomic mass is 32.2. The van der Waals surface area contributed by atoms with E-state index in [4.69, 9.17) is 5.73 Å². The molecule has 0 fully saturated rings. The molecule has 0 bridgehead atoms. The molecule has 0 saturated carbocycles. The van der Waals surface area contributed by atoms with Crippen molar-refractivity contribution in [3.05, 3.63) is 24.0 Å². The third-order valence-electron chi connectivity index (χ3n) is 1.72. The van der Waals surface area contributed by atoms with E-state index in [9.17, 15) is 8.60 Å². The molecule has 0 amide bonds. The van der Waals surface area contributed by atoms with Crippen molar-refractivity contribution >= 4 is 22.2 Å². The van der Waals surface area contributed by atoms with Gasteiger partial charge in [0, 0.05) is 29.4 Å². The lowest BCUT2D eigenvalue weighted by Gasteiger charge is -2.07. The van der Waals surface area contributed by atoms with E-state index in [0.717, 1.165) is 0 Å². The molecule has 1 rings (SSSR count). The molecule has 5 heteroatoms. The van der Waals surface area contributed by atoms with Crippen LogP contribution >= 0.6 is 0 Å². The van der Waals surface area contributed by atoms with Crippen LogP contribution in [0.4, 0.5) is 15.8 Å². The van der Waals surface area contributed by atoms with Gasteiger partial charge in [0.25, 0.3) is 0 Å². The molecular formula is C9H13FN2OS. The van der Waals surface area contributed by atoms with Crippen molar-refractivity contribution in [3.63, 3.8) is 0 Å². The molecule has 0 spiro atoms. The van der Waals surface area contributed by atoms with Crippen LogP contribution in [0, 0.1) is 5.82 Å². The van der Waals surface area contributed by atoms with E-state index in [1.54, 1.807) is 12.3 Å². The van der Waals surface area contributed by atoms with Gasteiger partial charge in [0.2, 0.25) is 0 Å². The van der Waals surface area contributed by atoms with E-state index in [-0.39, 0.29) is 5.82 Å². The van der Waals surface area contributed by atoms with Crippen molar-refractivity contribution in [3.8, 4) is 0 Å². The van der Waals surface area contributed by atoms with Crippen LogP contribution in [-0.4, -0.2) is 22.8 Å². The summed E-state index contributed by atoms with van der Waals surface area (Å²) >= 11 is 0. The average Bonchev–Trinajstić information content (AvgIpc) is 2.08. The zero-order valence-corrected chi connectivity index (χ0v) is 8.73. The molecule has 3 N–H and O–H groups in total. The molecular weight excluding hydrogens is 203 g/mol. The molecule has 0 saturated heterocycles. The number of nitrogens with one attached hydrogen (secondary N) is 1. The lowest BCUT2D eigenvalue weighted by molar-refractivity contribution is 0.628. The first-order valence-electron chi connectivity index (χ1n) is 4.18. The normalized spacial score (nSPS) is 12.4. The van der Waals surface area contributed by atoms with Crippen molar-refractivity contribution in [1.29, 1.82) is 0 Å². The Balaban J connectivity index is 2.55. The summed E-state index contributed by atoms with van der Waals surface area (Å²) in [6.45, 7) is 0.568. The zero-order chi connectivity index (χ0) is 10.6. The highest BCUT2D eigenvalue weighted by Gasteiger charge is 1.99. The Labute approximate surface area is 85.0 Å². The van der Waals surface area contributed by atoms with Gasteiger partial charge < -0.3 is 11.1 Å². The van der Waals surface area contributed by atoms with Gasteiger partial charge in [-0.2, -0.15) is 0 Å². The predicted molar refractivity (Wildman–Crippen MR) is 58.2 cm³/mol. The van der Waals surface area contributed by atoms with Gasteiger partial charge in [-0.25, -0.2) is 4.39 Å². The van der Waals surface area contributed by atoms with Gasteiger partial charge in [-0.15, -0.1) is 0 Å². The second-order valence-corrected chi connectivity index (χ2v) is 4.49. The van der Waals surface area contributed by atoms with Crippen molar-refractivity contribution < 1.29 is 8.60 Å². The molecule has 0 aromatic heterocycles. The molecule has 78 valence electrons. The molecule has 1 atom stereocenters. The average molecular weight is 216 g/mol. The van der Waals surface area contributed by atoms with Gasteiger partial charge in [-0.1, -0.05) is 0 Å². The van der Waals surface area contributed by atoms with Crippen molar-refractivity contribution in [2.45, 2.75) is 0 Å². The smallest absolute Gasteiger partial charge is 0.125 e. The van der Waals surface area contributed by atoms with Crippen LogP contribution < -0.4 is 11.1 Å². The van der Waals surface area contributed by atoms with Gasteiger partial charge in [-0.3, -0.25) is 4.21 Å². The number of nitrogen functional groups attached to an aromatic ring is 1. The summed E-state index contributed by atoms with van der Waals surface area (Å²) in [6, 6.07) is 4.16. The van der Waals surface area contributed by atoms with Gasteiger partial charge in [0.1, 0.15) is 5.82 Å². The summed E-state index contributed by atoms with van der Waals surface area (Å²) in [5.41, 5.74) is 6.61. The first kappa shape index (κ1) is 11.0. The lowest BCUT2D eigenvalue weighted by Crippen LogP contribution is -2.11. The first-order valence-corrected chi connectivity index (χ1v) is 5.91. The Kier molecular flexibility index (Phi) is 3.88. The minimum absolute atomic E-state index is 0.355. The van der Waals surface area contributed by atoms with Crippen LogP contribution in [0.15, 0.2) is 18.2 Å². The van der Waals surface area contributed by atoms with E-state index in [0.29, 0.717) is 23.7 Å². The van der Waals surface area contributed by atoms with Crippen molar-refractivity contribution in [2.24, 2.45) is 0 Å². The molecule has 1 aromatic rings. The van der Waals surface area contributed by atoms with Gasteiger partial charge in [0.05, 0.1) is 11.4 Å². The second-order valence-electron chi connectivity index (χ2n) is 2.94. The highest BCUT2D eigenvalue weighted by molar-refractivity contribution is 7.84. The van der Waals surface area contributed by atoms with E-state index < -0.39 is 10.8 Å². The number of anilines is 2. The lowest BCUT2D eigenvalue weighted by atomic mass is 10.2. The number of benzene rings is 1. The molecule has 3 nitrogen and oxygen atoms in total. The van der Waals surface area contributed by atoms with Crippen LogP contribution in [0.3, 0.4) is 0 Å². The number of halogens is 1. The minimum atomic E-state index is -0.828. The third-order valence-corrected chi connectivity index (χ3v) is 2.50. The number of hydrogen-bond donors (Lipinski definition) is 2. The molecule has 1 unspecified atom stereocenters. The summed E-state index contributed by atoms with van der Waals surface area (Å²) in [5, 5.41) is 2.99. The standard InChI is InChI=1S/C9H13FN2OS/c1-14(13)5-4-12-9-3-2-7(10)6-8(9)11/h2-3,6,12H,4-5,11H2,1H3. The van der Waals surface area contributed by atoms with E-state index in [1.165, 1.54) is 12.1 Å². The van der Waals surface area contributed by atoms with Crippen LogP contribution in [0.5, 0.6) is 0 Å². The van der Waals surface area contributed by atoms with Crippen LogP contribution in [0.2, 0.25) is 0 Å². The minimum Gasteiger partial charge on any atom is -0.397 e. The highest BCUT2D eigenvalue weighted by Crippen LogP contribution is 2.18. The summed E-state index contributed by atoms with van der Waals surface area (Å²) in [4.78, 5) is 0. The van der Waals surface area contributed by atoms with Gasteiger partial charge >= 0.3 is 0 Å². The second kappa shape index (κ2) is 4.95. The number of rotatable bonds is 4. The quantitative estimate of drug-likeness (QED) is 0.743. The summed E-state index contributed by atoms with van der Waals surface area (Å²) in [6.07, 6.45) is 1.63. The Morgan fingerprint density at radius 3 is 2.86 bits per heavy atom. The van der Waals surface area contributed by atoms with Crippen LogP contribution in [-0.2, 0) is 10.8 Å². The molecule has 14 heavy (non-hydrogen) atoms. The summed E-state index contributed by atoms with van der Waals surface area (Å²) in [5.74, 6) is 0.198. The molecule has 1 aromatic carbocycles. The fourth-order valence-corrected chi connectivity index (χ4v) is 1.41. The topological polar surface area (TPSA) is 55.1 Å². The zero-order valence-electron chi connectivity index (χ0n) is 7.92. The Hall–Kier alpha value is -1.10. The van der Waals surface area contributed by atoms with Crippen LogP contribution in [0.1, 0.15) is 0 Å². The molecule has 0 aliphatic carbocycles. The van der Waals surface area contributed by atoms with Gasteiger partial charge in [-0.05, 0) is 18.2 Å². The third kappa shape index (κ3) is 3.33. The Morgan fingerprint density at radius 1 is 1.57 bits per heavy atom. The molecule has 0 radical (unpaired) electrons. The maximum absolute atomic E-state index is 12.6. The largest absolute Gasteiger partial charge is 0.397 e. The van der Waals surface area contributed by atoms with Gasteiger partial charge in [0.15, 0.2) is 0 Å². The summed E-state index contributed by atoms with van der Waals surface area (Å²) in [7, 11) is -0.828. The van der Waals surface area contributed by atoms with Crippen molar-refractivity contribution in [2.75, 3.05) is 29.6 Å². The Bertz CT molecular complexity index is 344. The first-order chi connectivity index (χ1) is 6.59. The molecule has 0 aliphatic heterocycles. The monoisotopic (exact) mass is 216 g/mol. The number of hydrogen-bond acceptors (Lipinski definition) is 3. The maximum Gasteiger partial charge on any atom is 0.125 e. The van der Waals surface area contributed by atoms with E-state index in [2.05, 4.69) is 5.32 Å². The number of nitrogens with two attached hydrogens (primary N) is 1. The molecule has 0 aliphatic rings. The predicted octanol–water partition coefficient (Wildman–Crippen LogP) is 1.20. The SMILES string of the molecule is CS(=O)CCNc1ccc(F)cc1N. The van der Waals surface area contributed by atoms with Crippen LogP contribution in [0.25, 0.3) is 0 Å². The van der Waals surface area contributed by atoms with Crippen molar-refractivity contribution in [1.82, 2.24) is 0 Å². The fourth-order valence-electron chi connectivity index (χ4n) is 1.02. The Morgan fingerprint density at radius 2 is 2.29 bits per heavy atom. The van der Waals surface area contributed by atoms with E-state index >= 15 is 0 Å². The fraction of sp³-hybridized carbons (Fsp3) is 0.333. The summed E-state index contributed by atoms with van der Waals surface area (Å²) < 4.78 is 23.4. The maximum atomic E-state index is 12.6. The molecule has 0 heterocycles. The van der Waals surface area contributed by atoms with E-state index in [1.807, 2.05) is 0 Å².